The Hall–Kier alpha value is -2.94. The number of carbonyl (C=O) groups is 1. The molecule has 1 aromatic heterocycles. The number of nitrogens with zero attached hydrogens (tertiary/aromatic N) is 3. The quantitative estimate of drug-likeness (QED) is 0.605. The third-order valence-corrected chi connectivity index (χ3v) is 4.82. The highest BCUT2D eigenvalue weighted by Crippen LogP contribution is 2.25. The molecule has 0 saturated heterocycles. The van der Waals surface area contributed by atoms with Crippen LogP contribution in [0.25, 0.3) is 11.4 Å². The molecule has 28 heavy (non-hydrogen) atoms. The number of anilines is 1. The summed E-state index contributed by atoms with van der Waals surface area (Å²) in [6.45, 7) is 2.51. The lowest BCUT2D eigenvalue weighted by Gasteiger charge is -2.07. The zero-order valence-electron chi connectivity index (χ0n) is 15.3. The van der Waals surface area contributed by atoms with Gasteiger partial charge in [0, 0.05) is 18.7 Å². The number of nitrogens with one attached hydrogen (secondary N) is 1. The Labute approximate surface area is 164 Å². The molecule has 3 rings (SSSR count). The van der Waals surface area contributed by atoms with Crippen LogP contribution in [0.5, 0.6) is 5.75 Å². The third kappa shape index (κ3) is 4.66. The fourth-order valence-electron chi connectivity index (χ4n) is 2.47. The van der Waals surface area contributed by atoms with Crippen LogP contribution in [0.4, 0.5) is 14.5 Å². The van der Waals surface area contributed by atoms with Gasteiger partial charge in [-0.05, 0) is 43.3 Å². The standard InChI is InChI=1S/C19H18F2N4O2S/c1-3-27-14-7-4-12(5-8-14)18-23-24-19(25(18)2)28-11-17(26)22-16-9-6-13(20)10-15(16)21/h4-10H,3,11H2,1-2H3,(H,22,26). The van der Waals surface area contributed by atoms with Gasteiger partial charge in [-0.15, -0.1) is 10.2 Å². The number of hydrogen-bond acceptors (Lipinski definition) is 5. The third-order valence-electron chi connectivity index (χ3n) is 3.80. The van der Waals surface area contributed by atoms with E-state index >= 15 is 0 Å². The molecular formula is C19H18F2N4O2S. The van der Waals surface area contributed by atoms with Crippen LogP contribution in [0.3, 0.4) is 0 Å². The van der Waals surface area contributed by atoms with Crippen LogP contribution in [0.15, 0.2) is 47.6 Å². The number of halogens is 2. The Morgan fingerprint density at radius 2 is 1.93 bits per heavy atom. The molecule has 0 atom stereocenters. The number of benzene rings is 2. The van der Waals surface area contributed by atoms with Crippen LogP contribution in [0, 0.1) is 11.6 Å². The van der Waals surface area contributed by atoms with E-state index in [1.165, 1.54) is 17.8 Å². The summed E-state index contributed by atoms with van der Waals surface area (Å²) in [5.74, 6) is -0.531. The molecule has 0 spiro atoms. The number of thioether (sulfide) groups is 1. The maximum Gasteiger partial charge on any atom is 0.234 e. The van der Waals surface area contributed by atoms with Crippen LogP contribution >= 0.6 is 11.8 Å². The maximum absolute atomic E-state index is 13.6. The molecule has 0 radical (unpaired) electrons. The normalized spacial score (nSPS) is 10.7. The lowest BCUT2D eigenvalue weighted by molar-refractivity contribution is -0.113. The minimum Gasteiger partial charge on any atom is -0.494 e. The molecule has 0 fully saturated rings. The van der Waals surface area contributed by atoms with E-state index in [4.69, 9.17) is 4.74 Å². The molecule has 0 aliphatic heterocycles. The van der Waals surface area contributed by atoms with E-state index in [1.54, 1.807) is 11.6 Å². The van der Waals surface area contributed by atoms with Crippen LogP contribution in [-0.2, 0) is 11.8 Å². The minimum absolute atomic E-state index is 0.00602. The average molecular weight is 404 g/mol. The summed E-state index contributed by atoms with van der Waals surface area (Å²) in [6, 6.07) is 10.4. The highest BCUT2D eigenvalue weighted by atomic mass is 32.2. The fraction of sp³-hybridized carbons (Fsp3) is 0.211. The highest BCUT2D eigenvalue weighted by Gasteiger charge is 2.14. The van der Waals surface area contributed by atoms with Crippen molar-refractivity contribution in [2.45, 2.75) is 12.1 Å². The van der Waals surface area contributed by atoms with Gasteiger partial charge in [-0.2, -0.15) is 0 Å². The second-order valence-corrected chi connectivity index (χ2v) is 6.73. The van der Waals surface area contributed by atoms with E-state index in [0.717, 1.165) is 17.4 Å². The summed E-state index contributed by atoms with van der Waals surface area (Å²) < 4.78 is 33.7. The van der Waals surface area contributed by atoms with Crippen molar-refractivity contribution < 1.29 is 18.3 Å². The van der Waals surface area contributed by atoms with Crippen LogP contribution < -0.4 is 10.1 Å². The number of rotatable bonds is 7. The zero-order chi connectivity index (χ0) is 20.1. The molecule has 9 heteroatoms. The number of aromatic nitrogens is 3. The first-order chi connectivity index (χ1) is 13.5. The molecule has 1 amide bonds. The molecule has 2 aromatic carbocycles. The van der Waals surface area contributed by atoms with Crippen molar-refractivity contribution in [1.29, 1.82) is 0 Å². The van der Waals surface area contributed by atoms with E-state index in [-0.39, 0.29) is 11.4 Å². The minimum atomic E-state index is -0.824. The molecule has 0 aliphatic carbocycles. The summed E-state index contributed by atoms with van der Waals surface area (Å²) in [6.07, 6.45) is 0. The van der Waals surface area contributed by atoms with Gasteiger partial charge in [0.2, 0.25) is 5.91 Å². The molecule has 6 nitrogen and oxygen atoms in total. The SMILES string of the molecule is CCOc1ccc(-c2nnc(SCC(=O)Nc3ccc(F)cc3F)n2C)cc1. The van der Waals surface area contributed by atoms with Gasteiger partial charge in [0.25, 0.3) is 0 Å². The topological polar surface area (TPSA) is 69.0 Å². The predicted octanol–water partition coefficient (Wildman–Crippen LogP) is 3.89. The molecule has 3 aromatic rings. The van der Waals surface area contributed by atoms with Gasteiger partial charge in [0.05, 0.1) is 18.0 Å². The van der Waals surface area contributed by atoms with Crippen LogP contribution in [0.2, 0.25) is 0 Å². The molecule has 0 saturated carbocycles. The first-order valence-electron chi connectivity index (χ1n) is 8.48. The first-order valence-corrected chi connectivity index (χ1v) is 9.46. The summed E-state index contributed by atoms with van der Waals surface area (Å²) in [5.41, 5.74) is 0.795. The van der Waals surface area contributed by atoms with Crippen molar-refractivity contribution in [3.8, 4) is 17.1 Å². The van der Waals surface area contributed by atoms with Gasteiger partial charge >= 0.3 is 0 Å². The van der Waals surface area contributed by atoms with Gasteiger partial charge in [-0.3, -0.25) is 4.79 Å². The number of hydrogen-bond donors (Lipinski definition) is 1. The summed E-state index contributed by atoms with van der Waals surface area (Å²) in [4.78, 5) is 12.0. The Bertz CT molecular complexity index is 977. The summed E-state index contributed by atoms with van der Waals surface area (Å²) in [7, 11) is 1.80. The van der Waals surface area contributed by atoms with Crippen molar-refractivity contribution in [3.63, 3.8) is 0 Å². The average Bonchev–Trinajstić information content (AvgIpc) is 3.04. The fourth-order valence-corrected chi connectivity index (χ4v) is 3.18. The van der Waals surface area contributed by atoms with Crippen molar-refractivity contribution in [2.24, 2.45) is 7.05 Å². The Kier molecular flexibility index (Phi) is 6.25. The van der Waals surface area contributed by atoms with Crippen molar-refractivity contribution in [3.05, 3.63) is 54.1 Å². The van der Waals surface area contributed by atoms with Gasteiger partial charge in [-0.1, -0.05) is 11.8 Å². The van der Waals surface area contributed by atoms with Gasteiger partial charge in [0.15, 0.2) is 11.0 Å². The van der Waals surface area contributed by atoms with Crippen molar-refractivity contribution in [2.75, 3.05) is 17.7 Å². The lowest BCUT2D eigenvalue weighted by atomic mass is 10.2. The zero-order valence-corrected chi connectivity index (χ0v) is 16.1. The number of carbonyl (C=O) groups excluding carboxylic acids is 1. The van der Waals surface area contributed by atoms with Crippen LogP contribution in [-0.4, -0.2) is 33.0 Å². The monoisotopic (exact) mass is 404 g/mol. The molecule has 0 bridgehead atoms. The van der Waals surface area contributed by atoms with E-state index in [1.807, 2.05) is 31.2 Å². The van der Waals surface area contributed by atoms with Crippen molar-refractivity contribution in [1.82, 2.24) is 14.8 Å². The Morgan fingerprint density at radius 3 is 2.61 bits per heavy atom. The smallest absolute Gasteiger partial charge is 0.234 e. The number of amides is 1. The van der Waals surface area contributed by atoms with E-state index in [0.29, 0.717) is 23.7 Å². The molecule has 1 N–H and O–H groups in total. The molecule has 0 unspecified atom stereocenters. The second-order valence-electron chi connectivity index (χ2n) is 5.78. The van der Waals surface area contributed by atoms with Gasteiger partial charge in [-0.25, -0.2) is 8.78 Å². The van der Waals surface area contributed by atoms with E-state index < -0.39 is 17.5 Å². The van der Waals surface area contributed by atoms with E-state index in [2.05, 4.69) is 15.5 Å². The summed E-state index contributed by atoms with van der Waals surface area (Å²) in [5, 5.41) is 11.2. The van der Waals surface area contributed by atoms with Crippen LogP contribution in [0.1, 0.15) is 6.92 Å². The van der Waals surface area contributed by atoms with E-state index in [9.17, 15) is 13.6 Å². The Morgan fingerprint density at radius 1 is 1.18 bits per heavy atom. The first kappa shape index (κ1) is 19.8. The molecule has 0 aliphatic rings. The molecular weight excluding hydrogens is 386 g/mol. The van der Waals surface area contributed by atoms with Gasteiger partial charge in [0.1, 0.15) is 17.4 Å². The molecule has 1 heterocycles. The van der Waals surface area contributed by atoms with Gasteiger partial charge < -0.3 is 14.6 Å². The van der Waals surface area contributed by atoms with Crippen molar-refractivity contribution >= 4 is 23.4 Å². The highest BCUT2D eigenvalue weighted by molar-refractivity contribution is 7.99. The lowest BCUT2D eigenvalue weighted by Crippen LogP contribution is -2.15. The predicted molar refractivity (Wildman–Crippen MR) is 103 cm³/mol. The number of ether oxygens (including phenoxy) is 1. The largest absolute Gasteiger partial charge is 0.494 e. The summed E-state index contributed by atoms with van der Waals surface area (Å²) >= 11 is 1.17. The Balaban J connectivity index is 1.63. The maximum atomic E-state index is 13.6. The molecule has 146 valence electrons. The second kappa shape index (κ2) is 8.83.